The zero-order valence-electron chi connectivity index (χ0n) is 30.5. The summed E-state index contributed by atoms with van der Waals surface area (Å²) in [5, 5.41) is 5.96. The van der Waals surface area contributed by atoms with Crippen LogP contribution in [0.1, 0.15) is 128 Å². The molecule has 3 fully saturated rings. The maximum absolute atomic E-state index is 12.3. The van der Waals surface area contributed by atoms with Gasteiger partial charge in [0.05, 0.1) is 23.9 Å². The van der Waals surface area contributed by atoms with Gasteiger partial charge in [0.1, 0.15) is 0 Å². The third kappa shape index (κ3) is 11.4. The maximum atomic E-state index is 12.3. The minimum atomic E-state index is -0.271. The Morgan fingerprint density at radius 1 is 0.902 bits per heavy atom. The summed E-state index contributed by atoms with van der Waals surface area (Å²) in [6, 6.07) is 28.2. The molecule has 0 amide bonds. The van der Waals surface area contributed by atoms with E-state index in [4.69, 9.17) is 21.3 Å². The molecule has 1 aromatic heterocycles. The number of carbonyl (C=O) groups excluding carboxylic acids is 1. The van der Waals surface area contributed by atoms with E-state index in [9.17, 15) is 4.79 Å². The third-order valence-corrected chi connectivity index (χ3v) is 12.9. The molecule has 0 radical (unpaired) electrons. The van der Waals surface area contributed by atoms with Crippen molar-refractivity contribution in [1.29, 1.82) is 0 Å². The average molecular weight is 723 g/mol. The van der Waals surface area contributed by atoms with Crippen molar-refractivity contribution in [3.05, 3.63) is 112 Å². The second-order valence-electron chi connectivity index (χ2n) is 15.2. The third-order valence-electron chi connectivity index (χ3n) is 10.9. The van der Waals surface area contributed by atoms with Gasteiger partial charge in [-0.2, -0.15) is 11.8 Å². The van der Waals surface area contributed by atoms with Crippen molar-refractivity contribution in [3.8, 4) is 0 Å². The Hall–Kier alpha value is -3.12. The molecule has 7 rings (SSSR count). The van der Waals surface area contributed by atoms with E-state index in [-0.39, 0.29) is 5.97 Å². The zero-order valence-corrected chi connectivity index (χ0v) is 32.1. The summed E-state index contributed by atoms with van der Waals surface area (Å²) in [7, 11) is 1.44. The molecule has 0 saturated heterocycles. The fourth-order valence-corrected chi connectivity index (χ4v) is 9.14. The Labute approximate surface area is 315 Å². The summed E-state index contributed by atoms with van der Waals surface area (Å²) >= 11 is 8.21. The number of pyridine rings is 1. The van der Waals surface area contributed by atoms with E-state index >= 15 is 0 Å². The summed E-state index contributed by atoms with van der Waals surface area (Å²) in [6.45, 7) is 2.38. The van der Waals surface area contributed by atoms with Gasteiger partial charge in [-0.1, -0.05) is 118 Å². The molecule has 0 spiro atoms. The van der Waals surface area contributed by atoms with Crippen LogP contribution < -0.4 is 5.32 Å². The first-order valence-corrected chi connectivity index (χ1v) is 20.7. The van der Waals surface area contributed by atoms with Crippen molar-refractivity contribution in [2.45, 2.75) is 114 Å². The van der Waals surface area contributed by atoms with Crippen LogP contribution in [0.15, 0.2) is 78.9 Å². The van der Waals surface area contributed by atoms with E-state index in [1.54, 1.807) is 0 Å². The molecule has 1 atom stereocenters. The molecular formula is C45H55ClN2O2S. The number of nitrogens with one attached hydrogen (secondary N) is 1. The molecule has 3 saturated carbocycles. The van der Waals surface area contributed by atoms with Crippen LogP contribution in [0.5, 0.6) is 0 Å². The van der Waals surface area contributed by atoms with Crippen LogP contribution in [0.3, 0.4) is 0 Å². The molecule has 1 heterocycles. The second-order valence-corrected chi connectivity index (χ2v) is 16.8. The lowest BCUT2D eigenvalue weighted by Gasteiger charge is -2.30. The molecule has 1 unspecified atom stereocenters. The van der Waals surface area contributed by atoms with Gasteiger partial charge in [0.2, 0.25) is 0 Å². The molecule has 3 aliphatic rings. The molecule has 0 bridgehead atoms. The number of hydrogen-bond acceptors (Lipinski definition) is 5. The first-order valence-electron chi connectivity index (χ1n) is 19.3. The predicted octanol–water partition coefficient (Wildman–Crippen LogP) is 12.3. The first kappa shape index (κ1) is 37.6. The first-order chi connectivity index (χ1) is 24.9. The summed E-state index contributed by atoms with van der Waals surface area (Å²) in [6.07, 6.45) is 23.1. The van der Waals surface area contributed by atoms with Crippen LogP contribution in [-0.2, 0) is 11.2 Å². The van der Waals surface area contributed by atoms with Crippen molar-refractivity contribution in [1.82, 2.24) is 10.3 Å². The second kappa shape index (κ2) is 18.6. The largest absolute Gasteiger partial charge is 0.465 e. The number of aromatic nitrogens is 1. The lowest BCUT2D eigenvalue weighted by Crippen LogP contribution is -2.40. The lowest BCUT2D eigenvalue weighted by molar-refractivity contribution is 0.0599. The molecule has 0 aliphatic heterocycles. The van der Waals surface area contributed by atoms with Crippen LogP contribution in [0.2, 0.25) is 5.02 Å². The number of fused-ring (bicyclic) bond motifs is 1. The van der Waals surface area contributed by atoms with Gasteiger partial charge in [0.25, 0.3) is 0 Å². The van der Waals surface area contributed by atoms with Crippen molar-refractivity contribution < 1.29 is 9.53 Å². The smallest absolute Gasteiger partial charge is 0.338 e. The van der Waals surface area contributed by atoms with Crippen LogP contribution >= 0.6 is 23.4 Å². The maximum Gasteiger partial charge on any atom is 0.338 e. The van der Waals surface area contributed by atoms with E-state index < -0.39 is 0 Å². The van der Waals surface area contributed by atoms with Gasteiger partial charge in [-0.25, -0.2) is 9.78 Å². The van der Waals surface area contributed by atoms with E-state index in [0.717, 1.165) is 58.4 Å². The van der Waals surface area contributed by atoms with Gasteiger partial charge in [-0.05, 0) is 110 Å². The number of benzene rings is 3. The van der Waals surface area contributed by atoms with Gasteiger partial charge in [0.15, 0.2) is 0 Å². The summed E-state index contributed by atoms with van der Waals surface area (Å²) < 4.78 is 5.01. The van der Waals surface area contributed by atoms with Gasteiger partial charge < -0.3 is 10.1 Å². The van der Waals surface area contributed by atoms with Crippen LogP contribution in [0.25, 0.3) is 23.1 Å². The highest BCUT2D eigenvalue weighted by molar-refractivity contribution is 7.99. The van der Waals surface area contributed by atoms with Crippen molar-refractivity contribution >= 4 is 52.4 Å². The number of ether oxygens (including phenoxy) is 1. The lowest BCUT2D eigenvalue weighted by atomic mass is 9.91. The van der Waals surface area contributed by atoms with Crippen LogP contribution in [0.4, 0.5) is 0 Å². The van der Waals surface area contributed by atoms with E-state index in [1.165, 1.54) is 89.7 Å². The highest BCUT2D eigenvalue weighted by Gasteiger charge is 2.37. The Bertz CT molecular complexity index is 1740. The Balaban J connectivity index is 0.000000288. The normalized spacial score (nSPS) is 18.3. The number of thioether (sulfide) groups is 1. The number of carbonyl (C=O) groups is 1. The Morgan fingerprint density at radius 2 is 1.61 bits per heavy atom. The highest BCUT2D eigenvalue weighted by Crippen LogP contribution is 2.50. The van der Waals surface area contributed by atoms with Crippen molar-refractivity contribution in [2.24, 2.45) is 5.41 Å². The van der Waals surface area contributed by atoms with E-state index in [0.29, 0.717) is 21.3 Å². The topological polar surface area (TPSA) is 51.2 Å². The number of esters is 1. The fourth-order valence-electron chi connectivity index (χ4n) is 7.46. The summed E-state index contributed by atoms with van der Waals surface area (Å²) in [5.41, 5.74) is 6.43. The number of halogens is 1. The van der Waals surface area contributed by atoms with Gasteiger partial charge >= 0.3 is 5.97 Å². The SMILES string of the molecule is C1CCC(NC2CCCCC2)CC1.COC(=O)c1ccccc1CCC(SCC1(C)CC1)c1cccc(/C=C/c2ccc3ccc(Cl)cc3n2)c1. The summed E-state index contributed by atoms with van der Waals surface area (Å²) in [5.74, 6) is 0.881. The monoisotopic (exact) mass is 722 g/mol. The van der Waals surface area contributed by atoms with E-state index in [2.05, 4.69) is 54.7 Å². The number of methoxy groups -OCH3 is 1. The molecule has 4 aromatic rings. The number of rotatable bonds is 12. The highest BCUT2D eigenvalue weighted by atomic mass is 35.5. The molecule has 3 aromatic carbocycles. The Kier molecular flexibility index (Phi) is 13.7. The molecule has 4 nitrogen and oxygen atoms in total. The molecule has 1 N–H and O–H groups in total. The molecule has 270 valence electrons. The average Bonchev–Trinajstić information content (AvgIpc) is 3.91. The summed E-state index contributed by atoms with van der Waals surface area (Å²) in [4.78, 5) is 17.0. The minimum absolute atomic E-state index is 0.271. The minimum Gasteiger partial charge on any atom is -0.465 e. The Morgan fingerprint density at radius 3 is 2.31 bits per heavy atom. The standard InChI is InChI=1S/C33H32ClNO2S.C12H23N/c1-33(18-19-33)22-38-31(17-13-24-7-3-4-9-29(24)32(36)37-2)26-8-5-6-23(20-26)10-15-28-16-12-25-11-14-27(34)21-30(25)35-28;1-3-7-11(8-4-1)13-12-9-5-2-6-10-12/h3-12,14-16,20-21,31H,13,17-19,22H2,1-2H3;11-13H,1-10H2/b15-10+;. The number of nitrogens with zero attached hydrogens (tertiary/aromatic N) is 1. The van der Waals surface area contributed by atoms with Crippen molar-refractivity contribution in [2.75, 3.05) is 12.9 Å². The van der Waals surface area contributed by atoms with Gasteiger partial charge in [-0.3, -0.25) is 0 Å². The quantitative estimate of drug-likeness (QED) is 0.148. The van der Waals surface area contributed by atoms with Crippen LogP contribution in [0, 0.1) is 5.41 Å². The van der Waals surface area contributed by atoms with Gasteiger partial charge in [0, 0.05) is 27.7 Å². The van der Waals surface area contributed by atoms with E-state index in [1.807, 2.05) is 60.3 Å². The predicted molar refractivity (Wildman–Crippen MR) is 218 cm³/mol. The van der Waals surface area contributed by atoms with Crippen LogP contribution in [-0.4, -0.2) is 35.9 Å². The molecular weight excluding hydrogens is 668 g/mol. The molecule has 6 heteroatoms. The molecule has 3 aliphatic carbocycles. The van der Waals surface area contributed by atoms with Gasteiger partial charge in [-0.15, -0.1) is 0 Å². The number of hydrogen-bond donors (Lipinski definition) is 1. The molecule has 51 heavy (non-hydrogen) atoms. The zero-order chi connectivity index (χ0) is 35.5. The number of aryl methyl sites for hydroxylation is 1. The van der Waals surface area contributed by atoms with Crippen molar-refractivity contribution in [3.63, 3.8) is 0 Å². The fraction of sp³-hybridized carbons (Fsp3) is 0.467.